The summed E-state index contributed by atoms with van der Waals surface area (Å²) in [6.07, 6.45) is 3.48. The summed E-state index contributed by atoms with van der Waals surface area (Å²) in [5, 5.41) is 14.5. The van der Waals surface area contributed by atoms with Gasteiger partial charge in [0.05, 0.1) is 6.10 Å². The molecule has 0 aromatic carbocycles. The number of carbonyl (C=O) groups is 1. The van der Waals surface area contributed by atoms with Crippen LogP contribution in [-0.2, 0) is 4.79 Å². The fraction of sp³-hybridized carbons (Fsp3) is 0.500. The van der Waals surface area contributed by atoms with Crippen molar-refractivity contribution in [3.63, 3.8) is 0 Å². The average Bonchev–Trinajstić information content (AvgIpc) is 2.77. The molecule has 100 valence electrons. The highest BCUT2D eigenvalue weighted by molar-refractivity contribution is 7.10. The Morgan fingerprint density at radius 3 is 2.83 bits per heavy atom. The molecule has 0 saturated carbocycles. The van der Waals surface area contributed by atoms with Crippen LogP contribution >= 0.6 is 11.3 Å². The van der Waals surface area contributed by atoms with Crippen molar-refractivity contribution in [1.29, 1.82) is 0 Å². The molecule has 1 rings (SSSR count). The third-order valence-electron chi connectivity index (χ3n) is 2.66. The van der Waals surface area contributed by atoms with Gasteiger partial charge in [-0.2, -0.15) is 0 Å². The highest BCUT2D eigenvalue weighted by Crippen LogP contribution is 2.20. The molecule has 4 heteroatoms. The number of hydrogen-bond donors (Lipinski definition) is 2. The van der Waals surface area contributed by atoms with Crippen LogP contribution in [0.5, 0.6) is 0 Å². The molecule has 0 unspecified atom stereocenters. The molecule has 0 fully saturated rings. The molecule has 0 aliphatic rings. The number of aliphatic hydroxyl groups excluding tert-OH is 1. The first-order valence-electron chi connectivity index (χ1n) is 6.07. The van der Waals surface area contributed by atoms with Crippen LogP contribution in [0.2, 0.25) is 0 Å². The van der Waals surface area contributed by atoms with Crippen molar-refractivity contribution in [2.45, 2.75) is 33.3 Å². The molecular weight excluding hydrogens is 246 g/mol. The second-order valence-electron chi connectivity index (χ2n) is 5.31. The van der Waals surface area contributed by atoms with E-state index in [4.69, 9.17) is 0 Å². The van der Waals surface area contributed by atoms with E-state index < -0.39 is 6.10 Å². The van der Waals surface area contributed by atoms with Crippen LogP contribution in [0.25, 0.3) is 6.08 Å². The molecule has 0 aliphatic carbocycles. The largest absolute Gasteiger partial charge is 0.393 e. The van der Waals surface area contributed by atoms with Gasteiger partial charge in [0.25, 0.3) is 0 Å². The van der Waals surface area contributed by atoms with Crippen LogP contribution in [0.4, 0.5) is 0 Å². The summed E-state index contributed by atoms with van der Waals surface area (Å²) in [5.74, 6) is -0.121. The van der Waals surface area contributed by atoms with Gasteiger partial charge in [0.15, 0.2) is 0 Å². The van der Waals surface area contributed by atoms with E-state index in [-0.39, 0.29) is 11.3 Å². The molecule has 0 spiro atoms. The summed E-state index contributed by atoms with van der Waals surface area (Å²) < 4.78 is 0. The van der Waals surface area contributed by atoms with Gasteiger partial charge in [0, 0.05) is 17.5 Å². The van der Waals surface area contributed by atoms with Crippen molar-refractivity contribution in [3.8, 4) is 0 Å². The summed E-state index contributed by atoms with van der Waals surface area (Å²) in [4.78, 5) is 12.5. The first kappa shape index (κ1) is 14.9. The maximum atomic E-state index is 11.5. The van der Waals surface area contributed by atoms with Crippen LogP contribution in [0, 0.1) is 5.41 Å². The molecule has 3 nitrogen and oxygen atoms in total. The fourth-order valence-electron chi connectivity index (χ4n) is 1.37. The molecule has 18 heavy (non-hydrogen) atoms. The van der Waals surface area contributed by atoms with Crippen LogP contribution < -0.4 is 5.32 Å². The summed E-state index contributed by atoms with van der Waals surface area (Å²) >= 11 is 1.59. The highest BCUT2D eigenvalue weighted by atomic mass is 32.1. The van der Waals surface area contributed by atoms with E-state index in [1.165, 1.54) is 6.08 Å². The van der Waals surface area contributed by atoms with E-state index in [0.717, 1.165) is 4.88 Å². The zero-order valence-corrected chi connectivity index (χ0v) is 12.0. The lowest BCUT2D eigenvalue weighted by molar-refractivity contribution is -0.116. The summed E-state index contributed by atoms with van der Waals surface area (Å²) in [5.41, 5.74) is -0.141. The lowest BCUT2D eigenvalue weighted by Gasteiger charge is -2.25. The molecule has 0 saturated heterocycles. The van der Waals surface area contributed by atoms with Crippen LogP contribution in [0.3, 0.4) is 0 Å². The second kappa shape index (κ2) is 6.71. The number of hydrogen-bond acceptors (Lipinski definition) is 3. The number of aliphatic hydroxyl groups is 1. The molecule has 0 radical (unpaired) electrons. The minimum atomic E-state index is -0.404. The lowest BCUT2D eigenvalue weighted by Crippen LogP contribution is -2.31. The van der Waals surface area contributed by atoms with E-state index in [1.807, 2.05) is 38.3 Å². The first-order chi connectivity index (χ1) is 8.39. The van der Waals surface area contributed by atoms with Gasteiger partial charge in [-0.25, -0.2) is 0 Å². The minimum Gasteiger partial charge on any atom is -0.393 e. The molecule has 1 atom stereocenters. The quantitative estimate of drug-likeness (QED) is 0.806. The Morgan fingerprint density at radius 2 is 2.28 bits per heavy atom. The Labute approximate surface area is 113 Å². The zero-order valence-electron chi connectivity index (χ0n) is 11.1. The summed E-state index contributed by atoms with van der Waals surface area (Å²) in [6, 6.07) is 3.90. The number of amides is 1. The topological polar surface area (TPSA) is 49.3 Å². The molecule has 1 heterocycles. The molecule has 1 aromatic heterocycles. The van der Waals surface area contributed by atoms with Gasteiger partial charge in [-0.1, -0.05) is 26.8 Å². The van der Waals surface area contributed by atoms with Gasteiger partial charge in [0.1, 0.15) is 0 Å². The zero-order chi connectivity index (χ0) is 13.6. The van der Waals surface area contributed by atoms with E-state index in [1.54, 1.807) is 17.4 Å². The van der Waals surface area contributed by atoms with Gasteiger partial charge in [0.2, 0.25) is 5.91 Å². The Hall–Kier alpha value is -1.13. The van der Waals surface area contributed by atoms with E-state index >= 15 is 0 Å². The van der Waals surface area contributed by atoms with Gasteiger partial charge in [-0.3, -0.25) is 4.79 Å². The Balaban J connectivity index is 2.26. The molecular formula is C14H21NO2S. The smallest absolute Gasteiger partial charge is 0.244 e. The predicted octanol–water partition coefficient (Wildman–Crippen LogP) is 2.67. The standard InChI is InChI=1S/C14H21NO2S/c1-14(2,3)12(16)8-9-15-13(17)7-6-11-5-4-10-18-11/h4-7,10,12,16H,8-9H2,1-3H3,(H,15,17)/b7-6+/t12-/m0/s1. The Kier molecular flexibility index (Phi) is 5.56. The molecule has 1 amide bonds. The summed E-state index contributed by atoms with van der Waals surface area (Å²) in [6.45, 7) is 6.44. The number of carbonyl (C=O) groups excluding carboxylic acids is 1. The van der Waals surface area contributed by atoms with Gasteiger partial charge in [-0.05, 0) is 29.4 Å². The second-order valence-corrected chi connectivity index (χ2v) is 6.29. The van der Waals surface area contributed by atoms with Gasteiger partial charge >= 0.3 is 0 Å². The molecule has 2 N–H and O–H groups in total. The Morgan fingerprint density at radius 1 is 1.56 bits per heavy atom. The minimum absolute atomic E-state index is 0.121. The highest BCUT2D eigenvalue weighted by Gasteiger charge is 2.21. The van der Waals surface area contributed by atoms with Crippen molar-refractivity contribution in [3.05, 3.63) is 28.5 Å². The van der Waals surface area contributed by atoms with Crippen molar-refractivity contribution in [2.75, 3.05) is 6.54 Å². The molecule has 0 bridgehead atoms. The predicted molar refractivity (Wildman–Crippen MR) is 76.4 cm³/mol. The Bertz CT molecular complexity index is 390. The van der Waals surface area contributed by atoms with E-state index in [2.05, 4.69) is 5.32 Å². The lowest BCUT2D eigenvalue weighted by atomic mass is 9.87. The van der Waals surface area contributed by atoms with Crippen molar-refractivity contribution >= 4 is 23.3 Å². The van der Waals surface area contributed by atoms with E-state index in [0.29, 0.717) is 13.0 Å². The molecule has 1 aromatic rings. The molecule has 0 aliphatic heterocycles. The fourth-order valence-corrected chi connectivity index (χ4v) is 1.99. The average molecular weight is 267 g/mol. The number of nitrogens with one attached hydrogen (secondary N) is 1. The van der Waals surface area contributed by atoms with Crippen molar-refractivity contribution in [1.82, 2.24) is 5.32 Å². The van der Waals surface area contributed by atoms with Gasteiger partial charge < -0.3 is 10.4 Å². The third kappa shape index (κ3) is 5.47. The van der Waals surface area contributed by atoms with Crippen LogP contribution in [0.1, 0.15) is 32.1 Å². The van der Waals surface area contributed by atoms with Crippen LogP contribution in [0.15, 0.2) is 23.6 Å². The van der Waals surface area contributed by atoms with E-state index in [9.17, 15) is 9.90 Å². The summed E-state index contributed by atoms with van der Waals surface area (Å²) in [7, 11) is 0. The third-order valence-corrected chi connectivity index (χ3v) is 3.50. The first-order valence-corrected chi connectivity index (χ1v) is 6.95. The normalized spacial score (nSPS) is 13.8. The SMILES string of the molecule is CC(C)(C)[C@@H](O)CCNC(=O)/C=C/c1cccs1. The van der Waals surface area contributed by atoms with Crippen LogP contribution in [-0.4, -0.2) is 23.7 Å². The monoisotopic (exact) mass is 267 g/mol. The van der Waals surface area contributed by atoms with Crippen molar-refractivity contribution < 1.29 is 9.90 Å². The number of thiophene rings is 1. The maximum Gasteiger partial charge on any atom is 0.244 e. The maximum absolute atomic E-state index is 11.5. The van der Waals surface area contributed by atoms with Gasteiger partial charge in [-0.15, -0.1) is 11.3 Å². The van der Waals surface area contributed by atoms with Crippen molar-refractivity contribution in [2.24, 2.45) is 5.41 Å². The number of rotatable bonds is 5.